The summed E-state index contributed by atoms with van der Waals surface area (Å²) >= 11 is 12.4. The molecule has 1 amide bonds. The van der Waals surface area contributed by atoms with Crippen molar-refractivity contribution in [2.75, 3.05) is 6.61 Å². The van der Waals surface area contributed by atoms with Crippen LogP contribution >= 0.6 is 23.2 Å². The molecule has 0 saturated heterocycles. The zero-order valence-corrected chi connectivity index (χ0v) is 19.4. The van der Waals surface area contributed by atoms with Crippen LogP contribution in [0.4, 0.5) is 4.39 Å². The van der Waals surface area contributed by atoms with Crippen LogP contribution in [0.3, 0.4) is 0 Å². The van der Waals surface area contributed by atoms with Crippen molar-refractivity contribution < 1.29 is 23.8 Å². The van der Waals surface area contributed by atoms with Crippen LogP contribution in [0.25, 0.3) is 10.9 Å². The van der Waals surface area contributed by atoms with E-state index >= 15 is 0 Å². The molecular weight excluding hydrogens is 470 g/mol. The lowest BCUT2D eigenvalue weighted by atomic mass is 9.91. The summed E-state index contributed by atoms with van der Waals surface area (Å²) in [6.45, 7) is 1.60. The van der Waals surface area contributed by atoms with Crippen LogP contribution in [-0.4, -0.2) is 34.2 Å². The van der Waals surface area contributed by atoms with E-state index in [2.05, 4.69) is 5.32 Å². The van der Waals surface area contributed by atoms with Gasteiger partial charge in [-0.25, -0.2) is 9.18 Å². The molecule has 1 aromatic heterocycles. The van der Waals surface area contributed by atoms with Crippen molar-refractivity contribution in [2.24, 2.45) is 0 Å². The van der Waals surface area contributed by atoms with Crippen molar-refractivity contribution in [2.45, 2.75) is 44.7 Å². The Kier molecular flexibility index (Phi) is 6.81. The summed E-state index contributed by atoms with van der Waals surface area (Å²) in [7, 11) is 0. The predicted molar refractivity (Wildman–Crippen MR) is 125 cm³/mol. The van der Waals surface area contributed by atoms with Gasteiger partial charge in [0.05, 0.1) is 15.6 Å². The molecule has 9 heteroatoms. The third-order valence-electron chi connectivity index (χ3n) is 5.96. The molecule has 174 valence electrons. The molecule has 6 nitrogen and oxygen atoms in total. The highest BCUT2D eigenvalue weighted by Gasteiger charge is 2.32. The molecule has 3 aromatic rings. The summed E-state index contributed by atoms with van der Waals surface area (Å²) in [4.78, 5) is 24.4. The van der Waals surface area contributed by atoms with Gasteiger partial charge < -0.3 is 19.7 Å². The van der Waals surface area contributed by atoms with Gasteiger partial charge in [0.2, 0.25) is 0 Å². The van der Waals surface area contributed by atoms with E-state index in [0.717, 1.165) is 11.3 Å². The molecule has 0 saturated carbocycles. The monoisotopic (exact) mass is 492 g/mol. The maximum absolute atomic E-state index is 14.2. The number of halogens is 3. The van der Waals surface area contributed by atoms with Gasteiger partial charge in [-0.2, -0.15) is 0 Å². The number of benzene rings is 2. The van der Waals surface area contributed by atoms with E-state index in [-0.39, 0.29) is 23.6 Å². The van der Waals surface area contributed by atoms with E-state index in [9.17, 15) is 19.1 Å². The zero-order chi connectivity index (χ0) is 23.7. The first-order valence-electron chi connectivity index (χ1n) is 10.7. The Hall–Kier alpha value is -2.77. The molecular formula is C24H23Cl2FN2O4. The van der Waals surface area contributed by atoms with E-state index in [1.807, 2.05) is 0 Å². The molecule has 1 heterocycles. The van der Waals surface area contributed by atoms with Crippen molar-refractivity contribution in [3.8, 4) is 5.75 Å². The average Bonchev–Trinajstić information content (AvgIpc) is 3.07. The zero-order valence-electron chi connectivity index (χ0n) is 17.9. The lowest BCUT2D eigenvalue weighted by Crippen LogP contribution is -2.41. The summed E-state index contributed by atoms with van der Waals surface area (Å²) in [5.41, 5.74) is 2.16. The summed E-state index contributed by atoms with van der Waals surface area (Å²) in [5.74, 6) is -1.33. The number of aromatic nitrogens is 1. The molecule has 4 rings (SSSR count). The van der Waals surface area contributed by atoms with Crippen molar-refractivity contribution in [1.82, 2.24) is 9.88 Å². The van der Waals surface area contributed by atoms with Gasteiger partial charge in [-0.05, 0) is 55.5 Å². The summed E-state index contributed by atoms with van der Waals surface area (Å²) in [6, 6.07) is 8.47. The lowest BCUT2D eigenvalue weighted by Gasteiger charge is -2.26. The first kappa shape index (κ1) is 23.4. The number of carbonyl (C=O) groups excluding carboxylic acids is 1. The third kappa shape index (κ3) is 4.66. The Morgan fingerprint density at radius 1 is 1.27 bits per heavy atom. The molecule has 2 unspecified atom stereocenters. The summed E-state index contributed by atoms with van der Waals surface area (Å²) in [6.07, 6.45) is 1.94. The van der Waals surface area contributed by atoms with Gasteiger partial charge in [0.15, 0.2) is 6.61 Å². The van der Waals surface area contributed by atoms with Crippen LogP contribution in [0.1, 0.15) is 37.1 Å². The first-order chi connectivity index (χ1) is 15.8. The quantitative estimate of drug-likeness (QED) is 0.476. The van der Waals surface area contributed by atoms with E-state index in [1.54, 1.807) is 35.8 Å². The SMILES string of the molecule is CCC(C(=O)O)n1c2c(c3cc(F)cc(Cl)c31)CC(NC(=O)COc1ccccc1Cl)CC2. The van der Waals surface area contributed by atoms with Crippen molar-refractivity contribution in [1.29, 1.82) is 0 Å². The van der Waals surface area contributed by atoms with Gasteiger partial charge in [0, 0.05) is 17.1 Å². The minimum atomic E-state index is -0.968. The Morgan fingerprint density at radius 3 is 2.73 bits per heavy atom. The highest BCUT2D eigenvalue weighted by molar-refractivity contribution is 6.35. The fourth-order valence-electron chi connectivity index (χ4n) is 4.54. The van der Waals surface area contributed by atoms with Crippen LogP contribution in [0.5, 0.6) is 5.75 Å². The minimum absolute atomic E-state index is 0.174. The molecule has 0 radical (unpaired) electrons. The molecule has 33 heavy (non-hydrogen) atoms. The molecule has 0 bridgehead atoms. The standard InChI is InChI=1S/C24H23Cl2FN2O4/c1-2-19(24(31)32)29-20-8-7-14(11-15(20)16-9-13(27)10-18(26)23(16)29)28-22(30)12-33-21-6-4-3-5-17(21)25/h3-6,9-10,14,19H,2,7-8,11-12H2,1H3,(H,28,30)(H,31,32). The number of nitrogens with one attached hydrogen (secondary N) is 1. The van der Waals surface area contributed by atoms with Gasteiger partial charge in [-0.3, -0.25) is 4.79 Å². The Labute approximate surface area is 200 Å². The van der Waals surface area contributed by atoms with Crippen molar-refractivity contribution in [3.05, 3.63) is 63.5 Å². The third-order valence-corrected chi connectivity index (χ3v) is 6.56. The maximum Gasteiger partial charge on any atom is 0.326 e. The van der Waals surface area contributed by atoms with E-state index in [0.29, 0.717) is 47.4 Å². The Bertz CT molecular complexity index is 1230. The number of ether oxygens (including phenoxy) is 1. The smallest absolute Gasteiger partial charge is 0.326 e. The predicted octanol–water partition coefficient (Wildman–Crippen LogP) is 5.18. The van der Waals surface area contributed by atoms with Gasteiger partial charge >= 0.3 is 5.97 Å². The number of carbonyl (C=O) groups is 2. The number of amides is 1. The van der Waals surface area contributed by atoms with E-state index < -0.39 is 17.8 Å². The number of carboxylic acid groups (broad SMARTS) is 1. The average molecular weight is 493 g/mol. The number of rotatable bonds is 7. The number of aliphatic carboxylic acids is 1. The van der Waals surface area contributed by atoms with Crippen molar-refractivity contribution >= 4 is 46.0 Å². The molecule has 2 atom stereocenters. The Morgan fingerprint density at radius 2 is 2.03 bits per heavy atom. The number of para-hydroxylation sites is 1. The minimum Gasteiger partial charge on any atom is -0.482 e. The summed E-state index contributed by atoms with van der Waals surface area (Å²) in [5, 5.41) is 13.9. The molecule has 2 N–H and O–H groups in total. The molecule has 1 aliphatic rings. The number of hydrogen-bond acceptors (Lipinski definition) is 3. The van der Waals surface area contributed by atoms with E-state index in [4.69, 9.17) is 27.9 Å². The number of hydrogen-bond donors (Lipinski definition) is 2. The largest absolute Gasteiger partial charge is 0.482 e. The molecule has 0 spiro atoms. The fourth-order valence-corrected chi connectivity index (χ4v) is 5.03. The topological polar surface area (TPSA) is 80.6 Å². The van der Waals surface area contributed by atoms with Gasteiger partial charge in [0.1, 0.15) is 17.6 Å². The lowest BCUT2D eigenvalue weighted by molar-refractivity contribution is -0.141. The molecule has 0 fully saturated rings. The van der Waals surface area contributed by atoms with Gasteiger partial charge in [-0.15, -0.1) is 0 Å². The highest BCUT2D eigenvalue weighted by Crippen LogP contribution is 2.39. The second-order valence-electron chi connectivity index (χ2n) is 8.07. The molecule has 2 aromatic carbocycles. The van der Waals surface area contributed by atoms with Crippen LogP contribution in [0.2, 0.25) is 10.0 Å². The Balaban J connectivity index is 1.59. The maximum atomic E-state index is 14.2. The number of carboxylic acids is 1. The summed E-state index contributed by atoms with van der Waals surface area (Å²) < 4.78 is 21.4. The van der Waals surface area contributed by atoms with Crippen LogP contribution in [0.15, 0.2) is 36.4 Å². The fraction of sp³-hybridized carbons (Fsp3) is 0.333. The van der Waals surface area contributed by atoms with Crippen LogP contribution in [-0.2, 0) is 22.4 Å². The molecule has 0 aliphatic heterocycles. The van der Waals surface area contributed by atoms with Crippen molar-refractivity contribution in [3.63, 3.8) is 0 Å². The molecule has 1 aliphatic carbocycles. The second kappa shape index (κ2) is 9.61. The van der Waals surface area contributed by atoms with Crippen LogP contribution in [0, 0.1) is 5.82 Å². The highest BCUT2D eigenvalue weighted by atomic mass is 35.5. The first-order valence-corrected chi connectivity index (χ1v) is 11.5. The van der Waals surface area contributed by atoms with Crippen LogP contribution < -0.4 is 10.1 Å². The van der Waals surface area contributed by atoms with Gasteiger partial charge in [-0.1, -0.05) is 42.3 Å². The van der Waals surface area contributed by atoms with E-state index in [1.165, 1.54) is 12.1 Å². The normalized spacial score (nSPS) is 16.3. The number of fused-ring (bicyclic) bond motifs is 3. The number of nitrogens with zero attached hydrogens (tertiary/aromatic N) is 1. The second-order valence-corrected chi connectivity index (χ2v) is 8.88. The van der Waals surface area contributed by atoms with Gasteiger partial charge in [0.25, 0.3) is 5.91 Å².